The first kappa shape index (κ1) is 16.3. The third kappa shape index (κ3) is 3.35. The van der Waals surface area contributed by atoms with E-state index in [-0.39, 0.29) is 36.6 Å². The van der Waals surface area contributed by atoms with E-state index in [1.807, 2.05) is 19.1 Å². The Morgan fingerprint density at radius 1 is 1.33 bits per heavy atom. The lowest BCUT2D eigenvalue weighted by Crippen LogP contribution is -2.64. The smallest absolute Gasteiger partial charge is 0.318 e. The van der Waals surface area contributed by atoms with Crippen molar-refractivity contribution in [1.29, 1.82) is 5.26 Å². The maximum absolute atomic E-state index is 12.7. The van der Waals surface area contributed by atoms with Crippen molar-refractivity contribution in [1.82, 2.24) is 15.5 Å². The fourth-order valence-corrected chi connectivity index (χ4v) is 3.60. The summed E-state index contributed by atoms with van der Waals surface area (Å²) < 4.78 is 0. The monoisotopic (exact) mass is 326 g/mol. The summed E-state index contributed by atoms with van der Waals surface area (Å²) in [6, 6.07) is 9.04. The zero-order chi connectivity index (χ0) is 17.1. The Labute approximate surface area is 141 Å². The molecule has 126 valence electrons. The molecule has 3 amide bonds. The van der Waals surface area contributed by atoms with Crippen LogP contribution in [0, 0.1) is 11.3 Å². The molecule has 3 rings (SSSR count). The number of urea groups is 1. The molecule has 1 saturated carbocycles. The molecule has 2 fully saturated rings. The van der Waals surface area contributed by atoms with Crippen LogP contribution in [-0.2, 0) is 4.79 Å². The average Bonchev–Trinajstić information content (AvgIpc) is 2.60. The lowest BCUT2D eigenvalue weighted by molar-refractivity contribution is -0.126. The zero-order valence-electron chi connectivity index (χ0n) is 13.8. The van der Waals surface area contributed by atoms with Gasteiger partial charge in [-0.2, -0.15) is 5.26 Å². The van der Waals surface area contributed by atoms with E-state index in [1.165, 1.54) is 0 Å². The number of nitrogens with one attached hydrogen (secondary N) is 2. The maximum atomic E-state index is 12.7. The first-order valence-corrected chi connectivity index (χ1v) is 8.45. The van der Waals surface area contributed by atoms with Gasteiger partial charge in [0, 0.05) is 6.04 Å². The number of piperazine rings is 1. The fraction of sp³-hybridized carbons (Fsp3) is 0.500. The lowest BCUT2D eigenvalue weighted by Gasteiger charge is -2.44. The van der Waals surface area contributed by atoms with Crippen LogP contribution in [-0.4, -0.2) is 35.5 Å². The number of amides is 3. The minimum Gasteiger partial charge on any atom is -0.350 e. The van der Waals surface area contributed by atoms with Crippen LogP contribution >= 0.6 is 0 Å². The summed E-state index contributed by atoms with van der Waals surface area (Å²) in [7, 11) is 0. The normalized spacial score (nSPS) is 24.3. The van der Waals surface area contributed by atoms with Crippen LogP contribution in [0.2, 0.25) is 0 Å². The molecule has 0 bridgehead atoms. The molecular weight excluding hydrogens is 304 g/mol. The quantitative estimate of drug-likeness (QED) is 0.872. The maximum Gasteiger partial charge on any atom is 0.318 e. The third-order valence-corrected chi connectivity index (χ3v) is 4.93. The molecular formula is C18H22N4O2. The van der Waals surface area contributed by atoms with Crippen LogP contribution in [0.15, 0.2) is 24.3 Å². The van der Waals surface area contributed by atoms with Gasteiger partial charge in [-0.05, 0) is 37.5 Å². The van der Waals surface area contributed by atoms with Crippen molar-refractivity contribution in [2.75, 3.05) is 6.54 Å². The summed E-state index contributed by atoms with van der Waals surface area (Å²) in [6.45, 7) is 2.02. The summed E-state index contributed by atoms with van der Waals surface area (Å²) in [5.74, 6) is -0.0840. The second kappa shape index (κ2) is 6.91. The molecule has 1 aromatic carbocycles. The molecule has 1 aliphatic heterocycles. The van der Waals surface area contributed by atoms with Crippen molar-refractivity contribution >= 4 is 11.9 Å². The highest BCUT2D eigenvalue weighted by Gasteiger charge is 2.39. The van der Waals surface area contributed by atoms with E-state index in [1.54, 1.807) is 17.0 Å². The Kier molecular flexibility index (Phi) is 4.70. The highest BCUT2D eigenvalue weighted by Crippen LogP contribution is 2.26. The van der Waals surface area contributed by atoms with Crippen molar-refractivity contribution in [2.24, 2.45) is 0 Å². The van der Waals surface area contributed by atoms with Gasteiger partial charge in [0.1, 0.15) is 6.54 Å². The van der Waals surface area contributed by atoms with Gasteiger partial charge in [0.2, 0.25) is 5.91 Å². The number of fused-ring (bicyclic) bond motifs is 1. The van der Waals surface area contributed by atoms with Gasteiger partial charge in [0.15, 0.2) is 0 Å². The molecule has 0 aromatic heterocycles. The molecule has 2 N–H and O–H groups in total. The lowest BCUT2D eigenvalue weighted by atomic mass is 9.87. The molecule has 2 aliphatic rings. The number of hydrogen-bond acceptors (Lipinski definition) is 3. The van der Waals surface area contributed by atoms with E-state index in [0.717, 1.165) is 31.2 Å². The number of rotatable bonds is 2. The average molecular weight is 326 g/mol. The summed E-state index contributed by atoms with van der Waals surface area (Å²) in [5.41, 5.74) is 1.53. The highest BCUT2D eigenvalue weighted by molar-refractivity contribution is 5.86. The van der Waals surface area contributed by atoms with Gasteiger partial charge in [-0.3, -0.25) is 4.79 Å². The second-order valence-electron chi connectivity index (χ2n) is 6.56. The van der Waals surface area contributed by atoms with Gasteiger partial charge < -0.3 is 15.5 Å². The Morgan fingerprint density at radius 2 is 2.04 bits per heavy atom. The first-order valence-electron chi connectivity index (χ1n) is 8.45. The third-order valence-electron chi connectivity index (χ3n) is 4.93. The summed E-state index contributed by atoms with van der Waals surface area (Å²) in [4.78, 5) is 26.3. The van der Waals surface area contributed by atoms with E-state index in [9.17, 15) is 9.59 Å². The minimum absolute atomic E-state index is 0.0796. The zero-order valence-corrected chi connectivity index (χ0v) is 13.8. The van der Waals surface area contributed by atoms with Crippen molar-refractivity contribution in [3.8, 4) is 6.07 Å². The van der Waals surface area contributed by atoms with Crippen molar-refractivity contribution in [3.63, 3.8) is 0 Å². The molecule has 0 unspecified atom stereocenters. The van der Waals surface area contributed by atoms with E-state index in [2.05, 4.69) is 16.7 Å². The van der Waals surface area contributed by atoms with Crippen LogP contribution in [0.1, 0.15) is 49.8 Å². The first-order chi connectivity index (χ1) is 11.6. The summed E-state index contributed by atoms with van der Waals surface area (Å²) in [5, 5.41) is 14.8. The van der Waals surface area contributed by atoms with E-state index < -0.39 is 0 Å². The largest absolute Gasteiger partial charge is 0.350 e. The summed E-state index contributed by atoms with van der Waals surface area (Å²) >= 11 is 0. The molecule has 0 radical (unpaired) electrons. The van der Waals surface area contributed by atoms with Crippen molar-refractivity contribution in [3.05, 3.63) is 35.4 Å². The molecule has 1 heterocycles. The number of carbonyl (C=O) groups excluding carboxylic acids is 2. The Morgan fingerprint density at radius 3 is 2.75 bits per heavy atom. The molecule has 1 saturated heterocycles. The van der Waals surface area contributed by atoms with Gasteiger partial charge in [-0.15, -0.1) is 0 Å². The fourth-order valence-electron chi connectivity index (χ4n) is 3.60. The van der Waals surface area contributed by atoms with Gasteiger partial charge in [-0.1, -0.05) is 25.0 Å². The number of nitriles is 1. The standard InChI is InChI=1S/C18H22N4O2/c1-12(14-8-6-13(10-19)7-9-14)20-18(24)22-11-17(23)21-15-4-2-3-5-16(15)22/h6-9,12,15-16H,2-5,11H2,1H3,(H,20,24)(H,21,23)/t12-,15+,16-/m0/s1. The molecule has 6 heteroatoms. The van der Waals surface area contributed by atoms with E-state index in [4.69, 9.17) is 5.26 Å². The predicted molar refractivity (Wildman–Crippen MR) is 89.0 cm³/mol. The van der Waals surface area contributed by atoms with Gasteiger partial charge >= 0.3 is 6.03 Å². The summed E-state index contributed by atoms with van der Waals surface area (Å²) in [6.07, 6.45) is 4.06. The molecule has 1 aliphatic carbocycles. The van der Waals surface area contributed by atoms with Crippen LogP contribution in [0.4, 0.5) is 4.79 Å². The molecule has 6 nitrogen and oxygen atoms in total. The minimum atomic E-state index is -0.196. The number of benzene rings is 1. The molecule has 0 spiro atoms. The molecule has 24 heavy (non-hydrogen) atoms. The van der Waals surface area contributed by atoms with Gasteiger partial charge in [0.25, 0.3) is 0 Å². The number of nitrogens with zero attached hydrogens (tertiary/aromatic N) is 2. The second-order valence-corrected chi connectivity index (χ2v) is 6.56. The Balaban J connectivity index is 1.68. The van der Waals surface area contributed by atoms with Gasteiger partial charge in [0.05, 0.1) is 23.7 Å². The predicted octanol–water partition coefficient (Wildman–Crippen LogP) is 2.07. The number of carbonyl (C=O) groups is 2. The molecule has 1 aromatic rings. The van der Waals surface area contributed by atoms with E-state index >= 15 is 0 Å². The Hall–Kier alpha value is -2.55. The van der Waals surface area contributed by atoms with Gasteiger partial charge in [-0.25, -0.2) is 4.79 Å². The Bertz CT molecular complexity index is 665. The SMILES string of the molecule is C[C@H](NC(=O)N1CC(=O)N[C@@H]2CCCC[C@@H]21)c1ccc(C#N)cc1. The van der Waals surface area contributed by atoms with Crippen LogP contribution in [0.25, 0.3) is 0 Å². The molecule has 3 atom stereocenters. The topological polar surface area (TPSA) is 85.2 Å². The number of hydrogen-bond donors (Lipinski definition) is 2. The van der Waals surface area contributed by atoms with Crippen LogP contribution in [0.5, 0.6) is 0 Å². The van der Waals surface area contributed by atoms with Crippen molar-refractivity contribution < 1.29 is 9.59 Å². The highest BCUT2D eigenvalue weighted by atomic mass is 16.2. The van der Waals surface area contributed by atoms with E-state index in [0.29, 0.717) is 5.56 Å². The van der Waals surface area contributed by atoms with Crippen LogP contribution < -0.4 is 10.6 Å². The van der Waals surface area contributed by atoms with Crippen molar-refractivity contribution in [2.45, 2.75) is 50.7 Å². The van der Waals surface area contributed by atoms with Crippen LogP contribution in [0.3, 0.4) is 0 Å².